The Morgan fingerprint density at radius 3 is 1.94 bits per heavy atom. The van der Waals surface area contributed by atoms with E-state index in [4.69, 9.17) is 0 Å². The summed E-state index contributed by atoms with van der Waals surface area (Å²) in [6.45, 7) is 0. The van der Waals surface area contributed by atoms with E-state index >= 15 is 0 Å². The van der Waals surface area contributed by atoms with Crippen LogP contribution in [0.3, 0.4) is 0 Å². The van der Waals surface area contributed by atoms with E-state index in [2.05, 4.69) is 17.4 Å². The van der Waals surface area contributed by atoms with Gasteiger partial charge in [0.05, 0.1) is 12.7 Å². The summed E-state index contributed by atoms with van der Waals surface area (Å²) in [6.07, 6.45) is 0. The first-order valence-electron chi connectivity index (χ1n) is 3.12. The first-order chi connectivity index (χ1) is 5.25. The number of methoxy groups -OCH3 is 1. The zero-order valence-corrected chi connectivity index (χ0v) is 9.83. The number of ether oxygens (including phenoxy) is 1. The quantitative estimate of drug-likeness (QED) is 0.488. The van der Waals surface area contributed by atoms with Crippen molar-refractivity contribution in [2.45, 2.75) is 4.90 Å². The van der Waals surface area contributed by atoms with Gasteiger partial charge in [-0.25, -0.2) is 4.79 Å². The molecule has 0 aliphatic carbocycles. The van der Waals surface area contributed by atoms with Gasteiger partial charge in [0.2, 0.25) is 0 Å². The molecule has 0 unspecified atom stereocenters. The Bertz CT molecular complexity index is 288. The van der Waals surface area contributed by atoms with Crippen molar-refractivity contribution in [2.24, 2.45) is 0 Å². The smallest absolute Gasteiger partial charge is 0.338 e. The van der Waals surface area contributed by atoms with Crippen molar-refractivity contribution in [2.75, 3.05) is 7.11 Å². The summed E-state index contributed by atoms with van der Waals surface area (Å²) < 4.78 is 4.53. The Hall–Kier alpha value is -0.950. The highest BCUT2D eigenvalue weighted by molar-refractivity contribution is 7.80. The van der Waals surface area contributed by atoms with Gasteiger partial charge in [0, 0.05) is 4.90 Å². The number of carbonyl (C=O) groups is 1. The molecule has 0 aliphatic rings. The van der Waals surface area contributed by atoms with Gasteiger partial charge in [-0.3, -0.25) is 18.8 Å². The van der Waals surface area contributed by atoms with E-state index < -0.39 is 0 Å². The second-order valence-electron chi connectivity index (χ2n) is 2.01. The van der Waals surface area contributed by atoms with E-state index in [1.54, 1.807) is 18.2 Å². The molecule has 0 saturated carbocycles. The molecule has 0 heterocycles. The van der Waals surface area contributed by atoms with Crippen LogP contribution in [0.4, 0.5) is 18.8 Å². The van der Waals surface area contributed by atoms with Crippen molar-refractivity contribution in [1.82, 2.24) is 0 Å². The number of halogens is 5. The summed E-state index contributed by atoms with van der Waals surface area (Å²) in [4.78, 5) is 11.6. The second kappa shape index (κ2) is 14.0. The molecule has 0 saturated heterocycles. The minimum Gasteiger partial charge on any atom is -0.465 e. The van der Waals surface area contributed by atoms with Crippen molar-refractivity contribution in [1.29, 1.82) is 0 Å². The molecular weight excluding hydrogens is 272 g/mol. The van der Waals surface area contributed by atoms with E-state index in [0.29, 0.717) is 10.5 Å². The number of thiol groups is 1. The van der Waals surface area contributed by atoms with Crippen LogP contribution in [0.2, 0.25) is 0 Å². The maximum absolute atomic E-state index is 11.0. The summed E-state index contributed by atoms with van der Waals surface area (Å²) in [7, 11) is 1.35. The fourth-order valence-corrected chi connectivity index (χ4v) is 1.01. The van der Waals surface area contributed by atoms with Crippen molar-refractivity contribution in [3.63, 3.8) is 0 Å². The molecule has 16 heavy (non-hydrogen) atoms. The Kier molecular flexibility index (Phi) is 25.8. The minimum atomic E-state index is -0.351. The highest BCUT2D eigenvalue weighted by Gasteiger charge is 2.06. The van der Waals surface area contributed by atoms with Crippen LogP contribution in [0.1, 0.15) is 10.4 Å². The number of carbonyl (C=O) groups excluding carboxylic acids is 1. The summed E-state index contributed by atoms with van der Waals surface area (Å²) >= 11 is 4.09. The summed E-state index contributed by atoms with van der Waals surface area (Å²) in [5, 5.41) is 0. The van der Waals surface area contributed by atoms with Crippen molar-refractivity contribution in [3.8, 4) is 0 Å². The molecule has 0 atom stereocenters. The molecular formula is C8H13ClF4O2S. The average Bonchev–Trinajstić information content (AvgIpc) is 2.04. The second-order valence-corrected chi connectivity index (χ2v) is 2.49. The third-order valence-corrected chi connectivity index (χ3v) is 1.70. The van der Waals surface area contributed by atoms with Gasteiger partial charge in [-0.05, 0) is 12.1 Å². The number of benzene rings is 1. The molecule has 0 aromatic heterocycles. The molecule has 98 valence electrons. The lowest BCUT2D eigenvalue weighted by Gasteiger charge is -2.00. The molecule has 0 fully saturated rings. The van der Waals surface area contributed by atoms with Crippen LogP contribution in [0.25, 0.3) is 0 Å². The monoisotopic (exact) mass is 284 g/mol. The van der Waals surface area contributed by atoms with Gasteiger partial charge < -0.3 is 4.74 Å². The first-order valence-corrected chi connectivity index (χ1v) is 3.56. The minimum absolute atomic E-state index is 0. The normalized spacial score (nSPS) is 6.38. The Morgan fingerprint density at radius 1 is 1.12 bits per heavy atom. The highest BCUT2D eigenvalue weighted by atomic mass is 35.5. The fourth-order valence-electron chi connectivity index (χ4n) is 0.756. The Morgan fingerprint density at radius 2 is 1.56 bits per heavy atom. The molecule has 1 aromatic rings. The van der Waals surface area contributed by atoms with Gasteiger partial charge >= 0.3 is 5.97 Å². The number of hydrogen-bond acceptors (Lipinski definition) is 3. The summed E-state index contributed by atoms with van der Waals surface area (Å²) in [5.74, 6) is -0.351. The van der Waals surface area contributed by atoms with Crippen molar-refractivity contribution < 1.29 is 28.3 Å². The topological polar surface area (TPSA) is 26.3 Å². The predicted molar refractivity (Wildman–Crippen MR) is 62.3 cm³/mol. The van der Waals surface area contributed by atoms with Crippen LogP contribution in [0, 0.1) is 0 Å². The molecule has 2 nitrogen and oxygen atoms in total. The molecule has 0 radical (unpaired) electrons. The van der Waals surface area contributed by atoms with Crippen LogP contribution in [-0.4, -0.2) is 13.1 Å². The lowest BCUT2D eigenvalue weighted by Crippen LogP contribution is -2.01. The third-order valence-electron chi connectivity index (χ3n) is 1.31. The number of hydrogen-bond donors (Lipinski definition) is 1. The van der Waals surface area contributed by atoms with E-state index in [9.17, 15) is 4.79 Å². The van der Waals surface area contributed by atoms with E-state index in [1.165, 1.54) is 7.11 Å². The van der Waals surface area contributed by atoms with Crippen LogP contribution in [0.15, 0.2) is 29.2 Å². The molecule has 8 heteroatoms. The van der Waals surface area contributed by atoms with Crippen molar-refractivity contribution in [3.05, 3.63) is 29.8 Å². The Labute approximate surface area is 102 Å². The molecule has 0 amide bonds. The van der Waals surface area contributed by atoms with E-state index in [-0.39, 0.29) is 37.2 Å². The molecule has 0 bridgehead atoms. The maximum atomic E-state index is 11.0. The predicted octanol–water partition coefficient (Wildman–Crippen LogP) is 2.79. The molecule has 0 aliphatic heterocycles. The highest BCUT2D eigenvalue weighted by Crippen LogP contribution is 2.13. The van der Waals surface area contributed by atoms with Gasteiger partial charge in [0.25, 0.3) is 0 Å². The first kappa shape index (κ1) is 29.4. The molecule has 1 rings (SSSR count). The average molecular weight is 285 g/mol. The fraction of sp³-hybridized carbons (Fsp3) is 0.125. The van der Waals surface area contributed by atoms with E-state index in [1.807, 2.05) is 6.07 Å². The summed E-state index contributed by atoms with van der Waals surface area (Å²) in [5.41, 5.74) is 0.498. The largest absolute Gasteiger partial charge is 0.465 e. The third kappa shape index (κ3) is 7.36. The summed E-state index contributed by atoms with van der Waals surface area (Å²) in [6, 6.07) is 7.00. The zero-order chi connectivity index (χ0) is 8.27. The standard InChI is InChI=1S/C8H8O2S.ClH.4FH/c1-10-8(9)6-4-2-3-5-7(6)11;;;;;/h2-5,11H,1H3;5*1H. The van der Waals surface area contributed by atoms with Crippen LogP contribution in [-0.2, 0) is 4.74 Å². The van der Waals surface area contributed by atoms with Crippen LogP contribution in [0.5, 0.6) is 0 Å². The van der Waals surface area contributed by atoms with Gasteiger partial charge in [-0.15, -0.1) is 25.0 Å². The SMILES string of the molecule is COC(=O)c1ccccc1S.Cl.F.F.F.F. The lowest BCUT2D eigenvalue weighted by atomic mass is 10.2. The van der Waals surface area contributed by atoms with Crippen LogP contribution < -0.4 is 0 Å². The van der Waals surface area contributed by atoms with Gasteiger partial charge in [0.1, 0.15) is 0 Å². The number of esters is 1. The maximum Gasteiger partial charge on any atom is 0.338 e. The molecule has 1 aromatic carbocycles. The van der Waals surface area contributed by atoms with Gasteiger partial charge in [-0.2, -0.15) is 0 Å². The van der Waals surface area contributed by atoms with Gasteiger partial charge in [-0.1, -0.05) is 12.1 Å². The van der Waals surface area contributed by atoms with E-state index in [0.717, 1.165) is 0 Å². The van der Waals surface area contributed by atoms with Crippen LogP contribution >= 0.6 is 25.0 Å². The lowest BCUT2D eigenvalue weighted by molar-refractivity contribution is 0.0597. The zero-order valence-electron chi connectivity index (χ0n) is 8.11. The molecule has 0 N–H and O–H groups in total. The Balaban J connectivity index is -0.0000000807. The molecule has 0 spiro atoms. The number of rotatable bonds is 1. The van der Waals surface area contributed by atoms with Gasteiger partial charge in [0.15, 0.2) is 0 Å². The van der Waals surface area contributed by atoms with Crippen molar-refractivity contribution >= 4 is 31.0 Å².